The molecule has 2 rings (SSSR count). The van der Waals surface area contributed by atoms with Gasteiger partial charge in [0, 0.05) is 45.5 Å². The minimum absolute atomic E-state index is 0. The van der Waals surface area contributed by atoms with Crippen LogP contribution in [-0.4, -0.2) is 47.9 Å². The van der Waals surface area contributed by atoms with Crippen LogP contribution in [0.1, 0.15) is 18.1 Å². The van der Waals surface area contributed by atoms with Crippen molar-refractivity contribution in [3.05, 3.63) is 47.8 Å². The molecule has 0 saturated heterocycles. The minimum Gasteiger partial charge on any atom is -0.496 e. The molecular weight excluding hydrogens is 429 g/mol. The number of halogens is 1. The number of para-hydroxylation sites is 1. The molecule has 1 aromatic carbocycles. The number of aryl methyl sites for hydroxylation is 1. The zero-order valence-corrected chi connectivity index (χ0v) is 17.7. The van der Waals surface area contributed by atoms with Crippen molar-refractivity contribution in [3.8, 4) is 5.75 Å². The lowest BCUT2D eigenvalue weighted by atomic mass is 10.2. The molecule has 0 bridgehead atoms. The van der Waals surface area contributed by atoms with Crippen molar-refractivity contribution in [3.63, 3.8) is 0 Å². The first-order chi connectivity index (χ1) is 11.6. The van der Waals surface area contributed by atoms with Gasteiger partial charge < -0.3 is 15.0 Å². The van der Waals surface area contributed by atoms with Crippen LogP contribution in [0.15, 0.2) is 41.7 Å². The maximum Gasteiger partial charge on any atom is 0.193 e. The second-order valence-electron chi connectivity index (χ2n) is 5.68. The van der Waals surface area contributed by atoms with Crippen molar-refractivity contribution in [1.82, 2.24) is 20.0 Å². The van der Waals surface area contributed by atoms with Gasteiger partial charge in [-0.2, -0.15) is 5.10 Å². The van der Waals surface area contributed by atoms with Gasteiger partial charge in [0.2, 0.25) is 0 Å². The fourth-order valence-electron chi connectivity index (χ4n) is 2.53. The van der Waals surface area contributed by atoms with Gasteiger partial charge in [0.05, 0.1) is 13.3 Å². The van der Waals surface area contributed by atoms with Crippen molar-refractivity contribution in [1.29, 1.82) is 0 Å². The summed E-state index contributed by atoms with van der Waals surface area (Å²) in [6.45, 7) is 4.38. The number of nitrogens with zero attached hydrogens (tertiary/aromatic N) is 4. The molecule has 6 nitrogen and oxygen atoms in total. The molecule has 1 heterocycles. The van der Waals surface area contributed by atoms with Crippen molar-refractivity contribution in [2.75, 3.05) is 27.2 Å². The zero-order valence-electron chi connectivity index (χ0n) is 15.4. The molecule has 0 spiro atoms. The van der Waals surface area contributed by atoms with Crippen molar-refractivity contribution in [2.45, 2.75) is 19.9 Å². The number of hydrogen-bond acceptors (Lipinski definition) is 3. The number of benzene rings is 1. The van der Waals surface area contributed by atoms with Gasteiger partial charge in [-0.15, -0.1) is 24.0 Å². The third-order valence-electron chi connectivity index (χ3n) is 3.72. The lowest BCUT2D eigenvalue weighted by Gasteiger charge is -2.23. The highest BCUT2D eigenvalue weighted by atomic mass is 127. The first-order valence-electron chi connectivity index (χ1n) is 8.23. The summed E-state index contributed by atoms with van der Waals surface area (Å²) in [5.41, 5.74) is 2.34. The van der Waals surface area contributed by atoms with E-state index in [1.807, 2.05) is 49.4 Å². The maximum atomic E-state index is 5.43. The van der Waals surface area contributed by atoms with E-state index in [1.54, 1.807) is 7.11 Å². The highest BCUT2D eigenvalue weighted by Gasteiger charge is 2.09. The number of aromatic nitrogens is 2. The second kappa shape index (κ2) is 11.0. The van der Waals surface area contributed by atoms with Crippen LogP contribution in [0.4, 0.5) is 0 Å². The molecule has 0 fully saturated rings. The van der Waals surface area contributed by atoms with E-state index in [4.69, 9.17) is 9.73 Å². The van der Waals surface area contributed by atoms with Crippen LogP contribution < -0.4 is 10.1 Å². The summed E-state index contributed by atoms with van der Waals surface area (Å²) < 4.78 is 7.25. The molecule has 7 heteroatoms. The molecule has 1 aromatic heterocycles. The first kappa shape index (κ1) is 21.3. The molecule has 0 aliphatic heterocycles. The van der Waals surface area contributed by atoms with Gasteiger partial charge in [0.25, 0.3) is 0 Å². The molecule has 0 radical (unpaired) electrons. The summed E-state index contributed by atoms with van der Waals surface area (Å²) in [7, 11) is 5.67. The molecule has 138 valence electrons. The average Bonchev–Trinajstić information content (AvgIpc) is 3.00. The Labute approximate surface area is 167 Å². The summed E-state index contributed by atoms with van der Waals surface area (Å²) in [5, 5.41) is 7.53. The van der Waals surface area contributed by atoms with E-state index in [1.165, 1.54) is 5.56 Å². The number of aliphatic imine (C=N–C) groups is 1. The minimum atomic E-state index is 0. The zero-order chi connectivity index (χ0) is 17.4. The first-order valence-corrected chi connectivity index (χ1v) is 8.23. The van der Waals surface area contributed by atoms with Gasteiger partial charge in [0.1, 0.15) is 5.75 Å². The van der Waals surface area contributed by atoms with Crippen LogP contribution in [0.25, 0.3) is 0 Å². The summed E-state index contributed by atoms with van der Waals surface area (Å²) in [6, 6.07) is 8.07. The molecule has 2 aromatic rings. The van der Waals surface area contributed by atoms with E-state index in [0.29, 0.717) is 0 Å². The molecule has 0 atom stereocenters. The highest BCUT2D eigenvalue weighted by Crippen LogP contribution is 2.18. The molecule has 1 N–H and O–H groups in total. The largest absolute Gasteiger partial charge is 0.496 e. The molecule has 0 saturated carbocycles. The topological polar surface area (TPSA) is 54.7 Å². The summed E-state index contributed by atoms with van der Waals surface area (Å²) >= 11 is 0. The van der Waals surface area contributed by atoms with Crippen LogP contribution in [0.2, 0.25) is 0 Å². The normalized spacial score (nSPS) is 11.0. The highest BCUT2D eigenvalue weighted by molar-refractivity contribution is 14.0. The molecule has 0 unspecified atom stereocenters. The summed E-state index contributed by atoms with van der Waals surface area (Å²) in [4.78, 5) is 6.84. The smallest absolute Gasteiger partial charge is 0.193 e. The van der Waals surface area contributed by atoms with Crippen LogP contribution in [0.3, 0.4) is 0 Å². The Morgan fingerprint density at radius 2 is 2.12 bits per heavy atom. The molecule has 0 amide bonds. The van der Waals surface area contributed by atoms with Crippen molar-refractivity contribution in [2.24, 2.45) is 12.0 Å². The predicted octanol–water partition coefficient (Wildman–Crippen LogP) is 2.69. The van der Waals surface area contributed by atoms with Crippen molar-refractivity contribution < 1.29 is 4.74 Å². The fourth-order valence-corrected chi connectivity index (χ4v) is 2.53. The average molecular weight is 457 g/mol. The Morgan fingerprint density at radius 3 is 2.76 bits per heavy atom. The van der Waals surface area contributed by atoms with Gasteiger partial charge in [-0.05, 0) is 25.0 Å². The lowest BCUT2D eigenvalue weighted by Crippen LogP contribution is -2.38. The van der Waals surface area contributed by atoms with Gasteiger partial charge in [0.15, 0.2) is 5.96 Å². The van der Waals surface area contributed by atoms with E-state index in [-0.39, 0.29) is 24.0 Å². The Morgan fingerprint density at radius 1 is 1.36 bits per heavy atom. The molecule has 25 heavy (non-hydrogen) atoms. The third kappa shape index (κ3) is 6.56. The standard InChI is InChI=1S/C18H27N5O.HI/c1-5-19-18(20-11-10-15-12-21-23(3)13-15)22(2)14-16-8-6-7-9-17(16)24-4;/h6-9,12-13H,5,10-11,14H2,1-4H3,(H,19,20);1H. The van der Waals surface area contributed by atoms with Crippen LogP contribution in [0, 0.1) is 0 Å². The number of methoxy groups -OCH3 is 1. The van der Waals surface area contributed by atoms with E-state index < -0.39 is 0 Å². The van der Waals surface area contributed by atoms with E-state index in [9.17, 15) is 0 Å². The van der Waals surface area contributed by atoms with Crippen LogP contribution >= 0.6 is 24.0 Å². The van der Waals surface area contributed by atoms with E-state index in [0.717, 1.165) is 43.3 Å². The van der Waals surface area contributed by atoms with Gasteiger partial charge in [-0.3, -0.25) is 9.67 Å². The summed E-state index contributed by atoms with van der Waals surface area (Å²) in [6.07, 6.45) is 4.80. The maximum absolute atomic E-state index is 5.43. The molecule has 0 aliphatic rings. The second-order valence-corrected chi connectivity index (χ2v) is 5.68. The van der Waals surface area contributed by atoms with Crippen molar-refractivity contribution >= 4 is 29.9 Å². The number of rotatable bonds is 7. The van der Waals surface area contributed by atoms with Crippen LogP contribution in [-0.2, 0) is 20.0 Å². The summed E-state index contributed by atoms with van der Waals surface area (Å²) in [5.74, 6) is 1.79. The van der Waals surface area contributed by atoms with E-state index >= 15 is 0 Å². The third-order valence-corrected chi connectivity index (χ3v) is 3.72. The van der Waals surface area contributed by atoms with Gasteiger partial charge >= 0.3 is 0 Å². The Bertz CT molecular complexity index is 671. The quantitative estimate of drug-likeness (QED) is 0.395. The molecule has 0 aliphatic carbocycles. The van der Waals surface area contributed by atoms with E-state index in [2.05, 4.69) is 28.3 Å². The Kier molecular flexibility index (Phi) is 9.33. The number of nitrogens with one attached hydrogen (secondary N) is 1. The lowest BCUT2D eigenvalue weighted by molar-refractivity contribution is 0.396. The number of ether oxygens (including phenoxy) is 1. The van der Waals surface area contributed by atoms with Gasteiger partial charge in [-0.1, -0.05) is 18.2 Å². The Hall–Kier alpha value is -1.77. The monoisotopic (exact) mass is 457 g/mol. The number of guanidine groups is 1. The SMILES string of the molecule is CCNC(=NCCc1cnn(C)c1)N(C)Cc1ccccc1OC.I. The molecular formula is C18H28IN5O. The van der Waals surface area contributed by atoms with Crippen LogP contribution in [0.5, 0.6) is 5.75 Å². The number of hydrogen-bond donors (Lipinski definition) is 1. The Balaban J connectivity index is 0.00000312. The predicted molar refractivity (Wildman–Crippen MR) is 113 cm³/mol. The fraction of sp³-hybridized carbons (Fsp3) is 0.444. The van der Waals surface area contributed by atoms with Gasteiger partial charge in [-0.25, -0.2) is 0 Å².